The van der Waals surface area contributed by atoms with Crippen molar-refractivity contribution in [2.24, 2.45) is 0 Å². The third kappa shape index (κ3) is 2.35. The molecule has 1 aliphatic heterocycles. The summed E-state index contributed by atoms with van der Waals surface area (Å²) in [5, 5.41) is 2.99. The molecule has 76 valence electrons. The molecule has 0 unspecified atom stereocenters. The van der Waals surface area contributed by atoms with Gasteiger partial charge in [-0.3, -0.25) is 9.59 Å². The molecule has 5 heteroatoms. The van der Waals surface area contributed by atoms with Crippen LogP contribution in [0.25, 0.3) is 0 Å². The molecule has 1 aliphatic rings. The number of hydrogen-bond donors (Lipinski definition) is 1. The predicted molar refractivity (Wildman–Crippen MR) is 54.2 cm³/mol. The maximum atomic E-state index is 11.5. The highest BCUT2D eigenvalue weighted by Crippen LogP contribution is 2.25. The third-order valence-electron chi connectivity index (χ3n) is 2.40. The quantitative estimate of drug-likeness (QED) is 0.605. The Kier molecular flexibility index (Phi) is 3.69. The van der Waals surface area contributed by atoms with E-state index in [1.165, 1.54) is 6.92 Å². The van der Waals surface area contributed by atoms with Crippen LogP contribution < -0.4 is 5.32 Å². The van der Waals surface area contributed by atoms with Gasteiger partial charge in [-0.2, -0.15) is 0 Å². The summed E-state index contributed by atoms with van der Waals surface area (Å²) in [5.74, 6) is -0.554. The molecule has 1 fully saturated rings. The summed E-state index contributed by atoms with van der Waals surface area (Å²) in [6.45, 7) is 2.35. The number of Topliss-reactive ketones (excluding diaryl/α,β-unsaturated/α-hetero) is 1. The molecular formula is C9H15BN2O2. The van der Waals surface area contributed by atoms with Gasteiger partial charge in [-0.1, -0.05) is 0 Å². The standard InChI is InChI=1S/C9H15BN2O2/c1-6(13)5-12-7(4-11-2)3-8(10)9(12)14/h7-8,11H,3-5H2,1-2H3/t7-,8-/m0/s1. The van der Waals surface area contributed by atoms with Gasteiger partial charge in [-0.05, 0) is 20.4 Å². The Morgan fingerprint density at radius 3 is 2.86 bits per heavy atom. The van der Waals surface area contributed by atoms with Gasteiger partial charge >= 0.3 is 0 Å². The fraction of sp³-hybridized carbons (Fsp3) is 0.778. The van der Waals surface area contributed by atoms with Crippen LogP contribution in [-0.4, -0.2) is 50.6 Å². The Morgan fingerprint density at radius 1 is 1.71 bits per heavy atom. The molecule has 0 saturated carbocycles. The summed E-state index contributed by atoms with van der Waals surface area (Å²) in [6.07, 6.45) is 0.632. The first kappa shape index (κ1) is 11.2. The van der Waals surface area contributed by atoms with Crippen LogP contribution in [0.15, 0.2) is 0 Å². The Hall–Kier alpha value is -0.835. The minimum Gasteiger partial charge on any atom is -0.332 e. The van der Waals surface area contributed by atoms with E-state index in [0.29, 0.717) is 13.0 Å². The molecule has 4 nitrogen and oxygen atoms in total. The van der Waals surface area contributed by atoms with Gasteiger partial charge < -0.3 is 10.2 Å². The van der Waals surface area contributed by atoms with E-state index in [1.54, 1.807) is 4.90 Å². The summed E-state index contributed by atoms with van der Waals surface area (Å²) in [7, 11) is 7.45. The Balaban J connectivity index is 2.65. The minimum absolute atomic E-state index is 0.00597. The molecule has 0 spiro atoms. The molecule has 1 amide bonds. The summed E-state index contributed by atoms with van der Waals surface area (Å²) in [4.78, 5) is 24.1. The van der Waals surface area contributed by atoms with Crippen LogP contribution in [-0.2, 0) is 9.59 Å². The molecule has 0 aromatic rings. The molecular weight excluding hydrogens is 179 g/mol. The number of nitrogens with one attached hydrogen (secondary N) is 1. The number of likely N-dealkylation sites (N-methyl/N-ethyl adjacent to an activating group) is 1. The monoisotopic (exact) mass is 194 g/mol. The van der Waals surface area contributed by atoms with Crippen LogP contribution in [0.2, 0.25) is 5.82 Å². The number of nitrogens with zero attached hydrogens (tertiary/aromatic N) is 1. The zero-order valence-electron chi connectivity index (χ0n) is 8.62. The van der Waals surface area contributed by atoms with E-state index < -0.39 is 5.82 Å². The lowest BCUT2D eigenvalue weighted by molar-refractivity contribution is -0.132. The Labute approximate surface area is 85.4 Å². The average molecular weight is 194 g/mol. The number of carbonyl (C=O) groups excluding carboxylic acids is 2. The first-order valence-corrected chi connectivity index (χ1v) is 4.76. The van der Waals surface area contributed by atoms with Crippen LogP contribution in [0.1, 0.15) is 13.3 Å². The molecule has 2 atom stereocenters. The molecule has 0 aromatic carbocycles. The first-order valence-electron chi connectivity index (χ1n) is 4.76. The number of likely N-dealkylation sites (tertiary alicyclic amines) is 1. The van der Waals surface area contributed by atoms with E-state index in [2.05, 4.69) is 5.32 Å². The largest absolute Gasteiger partial charge is 0.332 e. The lowest BCUT2D eigenvalue weighted by Crippen LogP contribution is -2.41. The smallest absolute Gasteiger partial charge is 0.217 e. The van der Waals surface area contributed by atoms with E-state index in [-0.39, 0.29) is 24.3 Å². The van der Waals surface area contributed by atoms with Crippen molar-refractivity contribution in [1.29, 1.82) is 0 Å². The van der Waals surface area contributed by atoms with Gasteiger partial charge in [0.05, 0.1) is 14.4 Å². The second kappa shape index (κ2) is 4.60. The van der Waals surface area contributed by atoms with Crippen molar-refractivity contribution >= 4 is 19.5 Å². The van der Waals surface area contributed by atoms with E-state index in [0.717, 1.165) is 0 Å². The van der Waals surface area contributed by atoms with Gasteiger partial charge in [0.2, 0.25) is 5.91 Å². The second-order valence-electron chi connectivity index (χ2n) is 3.72. The number of carbonyl (C=O) groups is 2. The highest BCUT2D eigenvalue weighted by Gasteiger charge is 2.36. The average Bonchev–Trinajstić information content (AvgIpc) is 2.33. The number of amides is 1. The van der Waals surface area contributed by atoms with Crippen LogP contribution in [0, 0.1) is 0 Å². The molecule has 1 heterocycles. The van der Waals surface area contributed by atoms with Gasteiger partial charge in [0.25, 0.3) is 0 Å². The number of ketones is 1. The number of rotatable bonds is 4. The molecule has 0 aliphatic carbocycles. The van der Waals surface area contributed by atoms with E-state index in [9.17, 15) is 9.59 Å². The van der Waals surface area contributed by atoms with Crippen LogP contribution in [0.4, 0.5) is 0 Å². The first-order chi connectivity index (χ1) is 6.56. The fourth-order valence-electron chi connectivity index (χ4n) is 1.79. The molecule has 2 radical (unpaired) electrons. The van der Waals surface area contributed by atoms with Crippen molar-refractivity contribution in [3.63, 3.8) is 0 Å². The van der Waals surface area contributed by atoms with Crippen molar-refractivity contribution in [3.05, 3.63) is 0 Å². The Bertz CT molecular complexity index is 245. The highest BCUT2D eigenvalue weighted by molar-refractivity contribution is 6.24. The fourth-order valence-corrected chi connectivity index (χ4v) is 1.79. The zero-order chi connectivity index (χ0) is 10.7. The summed E-state index contributed by atoms with van der Waals surface area (Å²) in [6, 6.07) is 0.0615. The Morgan fingerprint density at radius 2 is 2.36 bits per heavy atom. The molecule has 0 aromatic heterocycles. The third-order valence-corrected chi connectivity index (χ3v) is 2.40. The normalized spacial score (nSPS) is 27.0. The van der Waals surface area contributed by atoms with E-state index >= 15 is 0 Å². The highest BCUT2D eigenvalue weighted by atomic mass is 16.2. The van der Waals surface area contributed by atoms with Crippen molar-refractivity contribution in [2.45, 2.75) is 25.2 Å². The van der Waals surface area contributed by atoms with Crippen molar-refractivity contribution < 1.29 is 9.59 Å². The lowest BCUT2D eigenvalue weighted by Gasteiger charge is -2.23. The summed E-state index contributed by atoms with van der Waals surface area (Å²) >= 11 is 0. The van der Waals surface area contributed by atoms with Crippen LogP contribution in [0.3, 0.4) is 0 Å². The van der Waals surface area contributed by atoms with Crippen molar-refractivity contribution in [3.8, 4) is 0 Å². The van der Waals surface area contributed by atoms with Gasteiger partial charge in [0, 0.05) is 18.4 Å². The van der Waals surface area contributed by atoms with Crippen LogP contribution >= 0.6 is 0 Å². The molecule has 1 rings (SSSR count). The maximum Gasteiger partial charge on any atom is 0.217 e. The van der Waals surface area contributed by atoms with E-state index in [1.807, 2.05) is 7.05 Å². The summed E-state index contributed by atoms with van der Waals surface area (Å²) < 4.78 is 0. The zero-order valence-corrected chi connectivity index (χ0v) is 8.62. The number of hydrogen-bond acceptors (Lipinski definition) is 3. The molecule has 0 bridgehead atoms. The topological polar surface area (TPSA) is 49.4 Å². The van der Waals surface area contributed by atoms with Crippen molar-refractivity contribution in [1.82, 2.24) is 10.2 Å². The SMILES string of the molecule is [B][C@H]1C[C@@H](CNC)N(CC(C)=O)C1=O. The van der Waals surface area contributed by atoms with Crippen LogP contribution in [0.5, 0.6) is 0 Å². The summed E-state index contributed by atoms with van der Waals surface area (Å²) in [5.41, 5.74) is 0. The van der Waals surface area contributed by atoms with Gasteiger partial charge in [0.1, 0.15) is 5.78 Å². The van der Waals surface area contributed by atoms with Crippen molar-refractivity contribution in [2.75, 3.05) is 20.1 Å². The lowest BCUT2D eigenvalue weighted by atomic mass is 9.85. The predicted octanol–water partition coefficient (Wildman–Crippen LogP) is -0.647. The second-order valence-corrected chi connectivity index (χ2v) is 3.72. The van der Waals surface area contributed by atoms with E-state index in [4.69, 9.17) is 7.85 Å². The van der Waals surface area contributed by atoms with Gasteiger partial charge in [-0.15, -0.1) is 0 Å². The molecule has 1 saturated heterocycles. The minimum atomic E-state index is -0.437. The van der Waals surface area contributed by atoms with Gasteiger partial charge in [-0.25, -0.2) is 0 Å². The maximum absolute atomic E-state index is 11.5. The molecule has 1 N–H and O–H groups in total. The molecule has 14 heavy (non-hydrogen) atoms. The van der Waals surface area contributed by atoms with Gasteiger partial charge in [0.15, 0.2) is 0 Å².